The molecule has 3 rings (SSSR count). The Hall–Kier alpha value is -1.81. The summed E-state index contributed by atoms with van der Waals surface area (Å²) < 4.78 is 2.78. The zero-order chi connectivity index (χ0) is 13.4. The van der Waals surface area contributed by atoms with E-state index < -0.39 is 0 Å². The van der Waals surface area contributed by atoms with E-state index in [9.17, 15) is 4.79 Å². The van der Waals surface area contributed by atoms with Gasteiger partial charge in [-0.2, -0.15) is 0 Å². The van der Waals surface area contributed by atoms with Gasteiger partial charge in [-0.1, -0.05) is 46.3 Å². The van der Waals surface area contributed by atoms with Gasteiger partial charge in [0.2, 0.25) is 0 Å². The molecule has 0 saturated carbocycles. The van der Waals surface area contributed by atoms with Crippen LogP contribution in [0.2, 0.25) is 0 Å². The number of halogens is 1. The molecule has 0 saturated heterocycles. The van der Waals surface area contributed by atoms with Crippen molar-refractivity contribution in [2.75, 3.05) is 0 Å². The number of H-pyrrole nitrogens is 1. The number of para-hydroxylation sites is 1. The fourth-order valence-corrected chi connectivity index (χ4v) is 2.69. The van der Waals surface area contributed by atoms with E-state index in [-0.39, 0.29) is 5.69 Å². The lowest BCUT2D eigenvalue weighted by Gasteiger charge is -2.06. The van der Waals surface area contributed by atoms with Gasteiger partial charge < -0.3 is 4.98 Å². The SMILES string of the molecule is Cc1cccc2c1[nH]c(=O)n2Cc1ccccc1Br. The second kappa shape index (κ2) is 4.70. The molecule has 0 aliphatic heterocycles. The summed E-state index contributed by atoms with van der Waals surface area (Å²) in [6, 6.07) is 13.9. The number of benzene rings is 2. The van der Waals surface area contributed by atoms with Crippen LogP contribution in [0.15, 0.2) is 51.7 Å². The van der Waals surface area contributed by atoms with Crippen LogP contribution in [-0.2, 0) is 6.54 Å². The molecule has 96 valence electrons. The van der Waals surface area contributed by atoms with E-state index in [1.165, 1.54) is 0 Å². The quantitative estimate of drug-likeness (QED) is 0.772. The lowest BCUT2D eigenvalue weighted by Crippen LogP contribution is -2.17. The number of nitrogens with zero attached hydrogens (tertiary/aromatic N) is 1. The Bertz CT molecular complexity index is 801. The van der Waals surface area contributed by atoms with E-state index in [0.717, 1.165) is 26.6 Å². The number of hydrogen-bond acceptors (Lipinski definition) is 1. The number of nitrogens with one attached hydrogen (secondary N) is 1. The first-order chi connectivity index (χ1) is 9.16. The third-order valence-corrected chi connectivity index (χ3v) is 4.08. The highest BCUT2D eigenvalue weighted by atomic mass is 79.9. The van der Waals surface area contributed by atoms with Crippen molar-refractivity contribution in [3.8, 4) is 0 Å². The van der Waals surface area contributed by atoms with Crippen molar-refractivity contribution in [3.63, 3.8) is 0 Å². The zero-order valence-corrected chi connectivity index (χ0v) is 12.1. The molecule has 0 aliphatic carbocycles. The maximum absolute atomic E-state index is 12.1. The van der Waals surface area contributed by atoms with Crippen molar-refractivity contribution in [3.05, 3.63) is 68.5 Å². The van der Waals surface area contributed by atoms with Crippen molar-refractivity contribution in [1.82, 2.24) is 9.55 Å². The molecular weight excluding hydrogens is 304 g/mol. The molecule has 3 aromatic rings. The largest absolute Gasteiger partial charge is 0.326 e. The Balaban J connectivity index is 2.16. The summed E-state index contributed by atoms with van der Waals surface area (Å²) in [7, 11) is 0. The highest BCUT2D eigenvalue weighted by Crippen LogP contribution is 2.19. The molecular formula is C15H13BrN2O. The van der Waals surface area contributed by atoms with Crippen LogP contribution in [0.25, 0.3) is 11.0 Å². The second-order valence-electron chi connectivity index (χ2n) is 4.58. The van der Waals surface area contributed by atoms with Gasteiger partial charge in [0.1, 0.15) is 0 Å². The molecule has 1 N–H and O–H groups in total. The second-order valence-corrected chi connectivity index (χ2v) is 5.43. The summed E-state index contributed by atoms with van der Waals surface area (Å²) in [5.41, 5.74) is 3.97. The van der Waals surface area contributed by atoms with Gasteiger partial charge in [-0.25, -0.2) is 4.79 Å². The van der Waals surface area contributed by atoms with Gasteiger partial charge in [0.25, 0.3) is 0 Å². The zero-order valence-electron chi connectivity index (χ0n) is 10.5. The number of imidazole rings is 1. The Labute approximate surface area is 119 Å². The van der Waals surface area contributed by atoms with Crippen LogP contribution >= 0.6 is 15.9 Å². The van der Waals surface area contributed by atoms with Gasteiger partial charge >= 0.3 is 5.69 Å². The van der Waals surface area contributed by atoms with E-state index in [4.69, 9.17) is 0 Å². The molecule has 0 aliphatic rings. The number of aromatic amines is 1. The van der Waals surface area contributed by atoms with Gasteiger partial charge in [-0.3, -0.25) is 4.57 Å². The Morgan fingerprint density at radius 2 is 1.95 bits per heavy atom. The topological polar surface area (TPSA) is 37.8 Å². The van der Waals surface area contributed by atoms with Crippen LogP contribution in [0.1, 0.15) is 11.1 Å². The van der Waals surface area contributed by atoms with E-state index >= 15 is 0 Å². The van der Waals surface area contributed by atoms with E-state index in [1.807, 2.05) is 49.4 Å². The monoisotopic (exact) mass is 316 g/mol. The maximum atomic E-state index is 12.1. The summed E-state index contributed by atoms with van der Waals surface area (Å²) in [6.45, 7) is 2.56. The number of rotatable bonds is 2. The van der Waals surface area contributed by atoms with Gasteiger partial charge in [0.15, 0.2) is 0 Å². The predicted octanol–water partition coefficient (Wildman–Crippen LogP) is 3.45. The average molecular weight is 317 g/mol. The first-order valence-corrected chi connectivity index (χ1v) is 6.87. The first-order valence-electron chi connectivity index (χ1n) is 6.08. The van der Waals surface area contributed by atoms with E-state index in [0.29, 0.717) is 6.54 Å². The third kappa shape index (κ3) is 2.12. The molecule has 0 amide bonds. The number of fused-ring (bicyclic) bond motifs is 1. The van der Waals surface area contributed by atoms with Gasteiger partial charge in [-0.05, 0) is 30.2 Å². The predicted molar refractivity (Wildman–Crippen MR) is 80.5 cm³/mol. The Morgan fingerprint density at radius 1 is 1.16 bits per heavy atom. The fraction of sp³-hybridized carbons (Fsp3) is 0.133. The lowest BCUT2D eigenvalue weighted by molar-refractivity contribution is 0.784. The van der Waals surface area contributed by atoms with Gasteiger partial charge in [0.05, 0.1) is 17.6 Å². The van der Waals surface area contributed by atoms with Crippen LogP contribution in [0.5, 0.6) is 0 Å². The molecule has 0 bridgehead atoms. The summed E-state index contributed by atoms with van der Waals surface area (Å²) >= 11 is 3.52. The van der Waals surface area contributed by atoms with E-state index in [1.54, 1.807) is 4.57 Å². The minimum atomic E-state index is -0.0694. The van der Waals surface area contributed by atoms with Crippen molar-refractivity contribution >= 4 is 27.0 Å². The van der Waals surface area contributed by atoms with Crippen molar-refractivity contribution in [1.29, 1.82) is 0 Å². The average Bonchev–Trinajstić information content (AvgIpc) is 2.71. The summed E-state index contributed by atoms with van der Waals surface area (Å²) in [5, 5.41) is 0. The molecule has 2 aromatic carbocycles. The normalized spacial score (nSPS) is 11.1. The minimum Gasteiger partial charge on any atom is -0.305 e. The van der Waals surface area contributed by atoms with Crippen molar-refractivity contribution in [2.24, 2.45) is 0 Å². The van der Waals surface area contributed by atoms with E-state index in [2.05, 4.69) is 20.9 Å². The van der Waals surface area contributed by atoms with Crippen molar-refractivity contribution in [2.45, 2.75) is 13.5 Å². The molecule has 1 aromatic heterocycles. The Morgan fingerprint density at radius 3 is 2.74 bits per heavy atom. The molecule has 19 heavy (non-hydrogen) atoms. The molecule has 4 heteroatoms. The summed E-state index contributed by atoms with van der Waals surface area (Å²) in [4.78, 5) is 15.0. The molecule has 0 radical (unpaired) electrons. The first kappa shape index (κ1) is 12.2. The third-order valence-electron chi connectivity index (χ3n) is 3.30. The van der Waals surface area contributed by atoms with Crippen LogP contribution in [0.4, 0.5) is 0 Å². The Kier molecular flexibility index (Phi) is 3.03. The lowest BCUT2D eigenvalue weighted by atomic mass is 10.2. The molecule has 1 heterocycles. The standard InChI is InChI=1S/C15H13BrN2O/c1-10-5-4-8-13-14(10)17-15(19)18(13)9-11-6-2-3-7-12(11)16/h2-8H,9H2,1H3,(H,17,19). The molecule has 0 spiro atoms. The van der Waals surface area contributed by atoms with Gasteiger partial charge in [-0.15, -0.1) is 0 Å². The van der Waals surface area contributed by atoms with Crippen LogP contribution in [0, 0.1) is 6.92 Å². The fourth-order valence-electron chi connectivity index (χ4n) is 2.28. The summed E-state index contributed by atoms with van der Waals surface area (Å²) in [5.74, 6) is 0. The highest BCUT2D eigenvalue weighted by molar-refractivity contribution is 9.10. The van der Waals surface area contributed by atoms with Crippen LogP contribution in [0.3, 0.4) is 0 Å². The molecule has 0 atom stereocenters. The molecule has 3 nitrogen and oxygen atoms in total. The minimum absolute atomic E-state index is 0.0694. The summed E-state index contributed by atoms with van der Waals surface area (Å²) in [6.07, 6.45) is 0. The molecule has 0 fully saturated rings. The molecule has 0 unspecified atom stereocenters. The highest BCUT2D eigenvalue weighted by Gasteiger charge is 2.09. The smallest absolute Gasteiger partial charge is 0.305 e. The van der Waals surface area contributed by atoms with Gasteiger partial charge in [0, 0.05) is 4.47 Å². The maximum Gasteiger partial charge on any atom is 0.326 e. The number of aromatic nitrogens is 2. The number of aryl methyl sites for hydroxylation is 1. The van der Waals surface area contributed by atoms with Crippen LogP contribution < -0.4 is 5.69 Å². The van der Waals surface area contributed by atoms with Crippen molar-refractivity contribution < 1.29 is 0 Å². The van der Waals surface area contributed by atoms with Crippen LogP contribution in [-0.4, -0.2) is 9.55 Å². The number of hydrogen-bond donors (Lipinski definition) is 1.